The first-order chi connectivity index (χ1) is 15.2. The average Bonchev–Trinajstić information content (AvgIpc) is 2.80. The fourth-order valence-corrected chi connectivity index (χ4v) is 4.60. The topological polar surface area (TPSA) is 114 Å². The maximum Gasteiger partial charge on any atom is 0.265 e. The maximum atomic E-state index is 13.2. The van der Waals surface area contributed by atoms with E-state index in [1.54, 1.807) is 24.3 Å². The van der Waals surface area contributed by atoms with Crippen molar-refractivity contribution in [3.8, 4) is 11.5 Å². The number of hydrogen-bond donors (Lipinski definition) is 3. The fourth-order valence-electron chi connectivity index (χ4n) is 2.94. The van der Waals surface area contributed by atoms with Gasteiger partial charge in [-0.25, -0.2) is 13.9 Å². The molecular weight excluding hydrogens is 432 g/mol. The van der Waals surface area contributed by atoms with Crippen molar-refractivity contribution < 1.29 is 27.9 Å². The number of hydroxylamine groups is 1. The number of sulfone groups is 1. The molecule has 0 aromatic heterocycles. The normalized spacial score (nSPS) is 12.7. The van der Waals surface area contributed by atoms with Gasteiger partial charge in [-0.3, -0.25) is 10.0 Å². The van der Waals surface area contributed by atoms with Crippen LogP contribution in [-0.2, 0) is 21.1 Å². The van der Waals surface area contributed by atoms with E-state index in [9.17, 15) is 13.2 Å². The summed E-state index contributed by atoms with van der Waals surface area (Å²) in [5, 5.41) is 12.3. The van der Waals surface area contributed by atoms with Crippen molar-refractivity contribution in [2.24, 2.45) is 0 Å². The van der Waals surface area contributed by atoms with Gasteiger partial charge in [0, 0.05) is 6.42 Å². The predicted octanol–water partition coefficient (Wildman–Crippen LogP) is 2.99. The van der Waals surface area contributed by atoms with E-state index in [0.29, 0.717) is 23.7 Å². The first-order valence-corrected chi connectivity index (χ1v) is 11.9. The smallest absolute Gasteiger partial charge is 0.265 e. The quantitative estimate of drug-likeness (QED) is 0.364. The van der Waals surface area contributed by atoms with Gasteiger partial charge in [-0.05, 0) is 68.9 Å². The van der Waals surface area contributed by atoms with Crippen LogP contribution in [0.2, 0.25) is 0 Å². The summed E-state index contributed by atoms with van der Waals surface area (Å²) in [6.07, 6.45) is -0.125. The molecular formula is C23H34N2O6S. The highest BCUT2D eigenvalue weighted by Crippen LogP contribution is 2.31. The van der Waals surface area contributed by atoms with Gasteiger partial charge >= 0.3 is 0 Å². The fraction of sp³-hybridized carbons (Fsp3) is 0.435. The second-order valence-electron chi connectivity index (χ2n) is 7.06. The summed E-state index contributed by atoms with van der Waals surface area (Å²) in [4.78, 5) is 12.3. The van der Waals surface area contributed by atoms with Gasteiger partial charge in [-0.2, -0.15) is 0 Å². The lowest BCUT2D eigenvalue weighted by Crippen LogP contribution is -2.51. The lowest BCUT2D eigenvalue weighted by atomic mass is 9.99. The monoisotopic (exact) mass is 466 g/mol. The zero-order valence-electron chi connectivity index (χ0n) is 19.3. The minimum Gasteiger partial charge on any atom is -0.497 e. The Morgan fingerprint density at radius 2 is 1.50 bits per heavy atom. The second-order valence-corrected chi connectivity index (χ2v) is 9.44. The number of carbonyl (C=O) groups is 1. The zero-order valence-corrected chi connectivity index (χ0v) is 20.2. The van der Waals surface area contributed by atoms with E-state index >= 15 is 0 Å². The van der Waals surface area contributed by atoms with Gasteiger partial charge in [0.25, 0.3) is 5.91 Å². The number of nitrogens with one attached hydrogen (secondary N) is 2. The Morgan fingerprint density at radius 3 is 1.91 bits per heavy atom. The Balaban J connectivity index is 0.000000920. The molecule has 0 fully saturated rings. The Labute approximate surface area is 190 Å². The summed E-state index contributed by atoms with van der Waals surface area (Å²) < 4.78 is 34.9. The van der Waals surface area contributed by atoms with E-state index in [2.05, 4.69) is 19.2 Å². The van der Waals surface area contributed by atoms with Crippen molar-refractivity contribution in [2.45, 2.75) is 43.8 Å². The Kier molecular flexibility index (Phi) is 11.2. The Bertz CT molecular complexity index is 928. The highest BCUT2D eigenvalue weighted by molar-refractivity contribution is 7.93. The van der Waals surface area contributed by atoms with Crippen molar-refractivity contribution in [3.05, 3.63) is 54.1 Å². The van der Waals surface area contributed by atoms with E-state index in [-0.39, 0.29) is 11.3 Å². The van der Waals surface area contributed by atoms with Crippen molar-refractivity contribution >= 4 is 15.7 Å². The molecule has 1 amide bonds. The summed E-state index contributed by atoms with van der Waals surface area (Å²) >= 11 is 0. The summed E-state index contributed by atoms with van der Waals surface area (Å²) in [5.41, 5.74) is 2.10. The molecule has 0 radical (unpaired) electrons. The van der Waals surface area contributed by atoms with Crippen LogP contribution in [0.1, 0.15) is 33.3 Å². The summed E-state index contributed by atoms with van der Waals surface area (Å²) in [6, 6.07) is 12.5. The number of benzene rings is 2. The van der Waals surface area contributed by atoms with Crippen LogP contribution in [0, 0.1) is 0 Å². The van der Waals surface area contributed by atoms with Crippen LogP contribution in [0.25, 0.3) is 0 Å². The minimum absolute atomic E-state index is 0.0414. The molecule has 0 aliphatic rings. The third-order valence-corrected chi connectivity index (χ3v) is 7.23. The molecule has 32 heavy (non-hydrogen) atoms. The van der Waals surface area contributed by atoms with Gasteiger partial charge < -0.3 is 14.8 Å². The highest BCUT2D eigenvalue weighted by Gasteiger charge is 2.47. The Morgan fingerprint density at radius 1 is 0.969 bits per heavy atom. The van der Waals surface area contributed by atoms with Crippen LogP contribution in [0.3, 0.4) is 0 Å². The zero-order chi connectivity index (χ0) is 24.2. The standard InChI is InChI=1S/C19H23NO6S.C4H11N/c1-4-26-16-7-5-14(6-8-16)13-19(2,18(21)20-22)27(23,24)17-11-9-15(25-3)10-12-17;1-3-5-4-2/h5-12,22H,4,13H2,1-3H3,(H,20,21);5H,3-4H2,1-2H3. The maximum absolute atomic E-state index is 13.2. The van der Waals surface area contributed by atoms with Gasteiger partial charge in [0.15, 0.2) is 14.6 Å². The van der Waals surface area contributed by atoms with E-state index in [1.165, 1.54) is 43.8 Å². The Hall–Kier alpha value is -2.62. The molecule has 8 nitrogen and oxygen atoms in total. The average molecular weight is 467 g/mol. The van der Waals surface area contributed by atoms with Gasteiger partial charge in [-0.1, -0.05) is 26.0 Å². The number of rotatable bonds is 10. The lowest BCUT2D eigenvalue weighted by molar-refractivity contribution is -0.131. The molecule has 178 valence electrons. The largest absolute Gasteiger partial charge is 0.497 e. The number of amides is 1. The molecule has 2 aromatic carbocycles. The van der Waals surface area contributed by atoms with Crippen LogP contribution in [0.15, 0.2) is 53.4 Å². The van der Waals surface area contributed by atoms with Crippen molar-refractivity contribution in [3.63, 3.8) is 0 Å². The van der Waals surface area contributed by atoms with Crippen LogP contribution in [0.4, 0.5) is 0 Å². The van der Waals surface area contributed by atoms with E-state index in [1.807, 2.05) is 6.92 Å². The van der Waals surface area contributed by atoms with Crippen LogP contribution in [0.5, 0.6) is 11.5 Å². The summed E-state index contributed by atoms with van der Waals surface area (Å²) in [6.45, 7) is 10.0. The van der Waals surface area contributed by atoms with Crippen LogP contribution < -0.4 is 20.3 Å². The van der Waals surface area contributed by atoms with Gasteiger partial charge in [0.1, 0.15) is 11.5 Å². The molecule has 0 bridgehead atoms. The van der Waals surface area contributed by atoms with Crippen molar-refractivity contribution in [1.82, 2.24) is 10.8 Å². The van der Waals surface area contributed by atoms with E-state index in [0.717, 1.165) is 13.1 Å². The molecule has 0 aliphatic heterocycles. The molecule has 0 saturated carbocycles. The van der Waals surface area contributed by atoms with Crippen LogP contribution >= 0.6 is 0 Å². The number of hydrogen-bond acceptors (Lipinski definition) is 7. The SMILES string of the molecule is CCNCC.CCOc1ccc(CC(C)(C(=O)NO)S(=O)(=O)c2ccc(OC)cc2)cc1. The molecule has 2 aromatic rings. The minimum atomic E-state index is -4.11. The highest BCUT2D eigenvalue weighted by atomic mass is 32.2. The van der Waals surface area contributed by atoms with Gasteiger partial charge in [0.2, 0.25) is 0 Å². The molecule has 0 heterocycles. The first kappa shape index (κ1) is 27.4. The molecule has 1 atom stereocenters. The molecule has 0 aliphatic carbocycles. The van der Waals surface area contributed by atoms with Gasteiger partial charge in [-0.15, -0.1) is 0 Å². The molecule has 0 saturated heterocycles. The van der Waals surface area contributed by atoms with E-state index in [4.69, 9.17) is 14.7 Å². The molecule has 2 rings (SSSR count). The number of ether oxygens (including phenoxy) is 2. The first-order valence-electron chi connectivity index (χ1n) is 10.5. The third-order valence-electron chi connectivity index (χ3n) is 4.82. The second kappa shape index (κ2) is 13.0. The molecule has 3 N–H and O–H groups in total. The van der Waals surface area contributed by atoms with Crippen molar-refractivity contribution in [1.29, 1.82) is 0 Å². The summed E-state index contributed by atoms with van der Waals surface area (Å²) in [7, 11) is -2.64. The summed E-state index contributed by atoms with van der Waals surface area (Å²) in [5.74, 6) is 0.133. The molecule has 0 spiro atoms. The molecule has 9 heteroatoms. The third kappa shape index (κ3) is 6.94. The molecule has 1 unspecified atom stereocenters. The van der Waals surface area contributed by atoms with Gasteiger partial charge in [0.05, 0.1) is 18.6 Å². The predicted molar refractivity (Wildman–Crippen MR) is 124 cm³/mol. The number of methoxy groups -OCH3 is 1. The van der Waals surface area contributed by atoms with Crippen LogP contribution in [-0.4, -0.2) is 51.1 Å². The number of carbonyl (C=O) groups excluding carboxylic acids is 1. The lowest BCUT2D eigenvalue weighted by Gasteiger charge is -2.27. The van der Waals surface area contributed by atoms with Crippen molar-refractivity contribution in [2.75, 3.05) is 26.8 Å². The van der Waals surface area contributed by atoms with E-state index < -0.39 is 20.5 Å².